The molecule has 0 saturated carbocycles. The van der Waals surface area contributed by atoms with Crippen LogP contribution in [-0.2, 0) is 28.5 Å². The number of rotatable bonds is 11. The molecule has 0 saturated heterocycles. The average molecular weight is 486 g/mol. The lowest BCUT2D eigenvalue weighted by molar-refractivity contribution is -0.142. The third-order valence-corrected chi connectivity index (χ3v) is 5.87. The Balaban J connectivity index is 1.59. The third kappa shape index (κ3) is 6.16. The summed E-state index contributed by atoms with van der Waals surface area (Å²) in [5.41, 5.74) is 0.360. The molecule has 0 bridgehead atoms. The maximum atomic E-state index is 13.1. The molecule has 0 aliphatic carbocycles. The first-order valence-corrected chi connectivity index (χ1v) is 11.5. The Morgan fingerprint density at radius 2 is 2.06 bits per heavy atom. The van der Waals surface area contributed by atoms with Crippen molar-refractivity contribution in [3.05, 3.63) is 34.5 Å². The van der Waals surface area contributed by atoms with Crippen molar-refractivity contribution in [3.8, 4) is 5.75 Å². The molecule has 0 atom stereocenters. The SMILES string of the molecule is CCCc1c(OCCCN(C)c2nc(CC(=O)OCC)cs2)ccc2c(C(F)(F)F)noc12. The maximum Gasteiger partial charge on any atom is 0.437 e. The Labute approximate surface area is 193 Å². The largest absolute Gasteiger partial charge is 0.493 e. The number of carbonyl (C=O) groups is 1. The standard InChI is InChI=1S/C22H26F3N3O4S/c1-4-7-15-17(9-8-16-19(15)32-27-20(16)22(23,24)25)31-11-6-10-28(3)21-26-14(13-33-21)12-18(29)30-5-2/h8-9,13H,4-7,10-12H2,1-3H3. The number of thiazole rings is 1. The summed E-state index contributed by atoms with van der Waals surface area (Å²) in [6.07, 6.45) is -2.54. The summed E-state index contributed by atoms with van der Waals surface area (Å²) in [4.78, 5) is 18.0. The summed E-state index contributed by atoms with van der Waals surface area (Å²) in [6.45, 7) is 5.05. The van der Waals surface area contributed by atoms with E-state index < -0.39 is 11.9 Å². The molecule has 3 aromatic rings. The fraction of sp³-hybridized carbons (Fsp3) is 0.500. The van der Waals surface area contributed by atoms with Crippen molar-refractivity contribution in [2.45, 2.75) is 45.7 Å². The van der Waals surface area contributed by atoms with E-state index >= 15 is 0 Å². The summed E-state index contributed by atoms with van der Waals surface area (Å²) >= 11 is 1.44. The molecule has 0 aliphatic rings. The highest BCUT2D eigenvalue weighted by atomic mass is 32.1. The van der Waals surface area contributed by atoms with Crippen molar-refractivity contribution >= 4 is 33.4 Å². The molecule has 0 aliphatic heterocycles. The van der Waals surface area contributed by atoms with Crippen LogP contribution in [-0.4, -0.2) is 42.9 Å². The van der Waals surface area contributed by atoms with Crippen molar-refractivity contribution < 1.29 is 32.0 Å². The number of benzene rings is 1. The number of aryl methyl sites for hydroxylation is 1. The van der Waals surface area contributed by atoms with E-state index in [1.54, 1.807) is 13.0 Å². The second-order valence-corrected chi connectivity index (χ2v) is 8.26. The number of halogens is 3. The summed E-state index contributed by atoms with van der Waals surface area (Å²) in [5, 5.41) is 5.79. The predicted molar refractivity (Wildman–Crippen MR) is 119 cm³/mol. The minimum atomic E-state index is -4.58. The molecule has 33 heavy (non-hydrogen) atoms. The monoisotopic (exact) mass is 485 g/mol. The predicted octanol–water partition coefficient (Wildman–Crippen LogP) is 5.27. The number of fused-ring (bicyclic) bond motifs is 1. The molecule has 0 amide bonds. The number of hydrogen-bond acceptors (Lipinski definition) is 8. The van der Waals surface area contributed by atoms with E-state index in [-0.39, 0.29) is 23.4 Å². The molecule has 3 rings (SSSR count). The van der Waals surface area contributed by atoms with E-state index in [0.717, 1.165) is 11.6 Å². The second kappa shape index (κ2) is 10.9. The van der Waals surface area contributed by atoms with Crippen molar-refractivity contribution in [2.24, 2.45) is 0 Å². The molecule has 7 nitrogen and oxygen atoms in total. The van der Waals surface area contributed by atoms with Gasteiger partial charge < -0.3 is 18.9 Å². The number of ether oxygens (including phenoxy) is 2. The molecular weight excluding hydrogens is 459 g/mol. The van der Waals surface area contributed by atoms with Crippen molar-refractivity contribution in [2.75, 3.05) is 31.7 Å². The first kappa shape index (κ1) is 24.8. The fourth-order valence-electron chi connectivity index (χ4n) is 3.36. The zero-order valence-corrected chi connectivity index (χ0v) is 19.5. The molecule has 180 valence electrons. The Bertz CT molecular complexity index is 1080. The lowest BCUT2D eigenvalue weighted by Crippen LogP contribution is -2.20. The van der Waals surface area contributed by atoms with Gasteiger partial charge >= 0.3 is 12.1 Å². The number of nitrogens with zero attached hydrogens (tertiary/aromatic N) is 3. The molecule has 0 spiro atoms. The average Bonchev–Trinajstić information content (AvgIpc) is 3.39. The first-order chi connectivity index (χ1) is 15.7. The molecule has 0 fully saturated rings. The topological polar surface area (TPSA) is 77.7 Å². The lowest BCUT2D eigenvalue weighted by Gasteiger charge is -2.16. The number of esters is 1. The molecule has 2 aromatic heterocycles. The summed E-state index contributed by atoms with van der Waals surface area (Å²) in [5.74, 6) is 0.196. The number of hydrogen-bond donors (Lipinski definition) is 0. The van der Waals surface area contributed by atoms with Gasteiger partial charge in [0, 0.05) is 24.5 Å². The fourth-order valence-corrected chi connectivity index (χ4v) is 4.18. The summed E-state index contributed by atoms with van der Waals surface area (Å²) in [6, 6.07) is 2.89. The third-order valence-electron chi connectivity index (χ3n) is 4.86. The van der Waals surface area contributed by atoms with E-state index in [9.17, 15) is 18.0 Å². The minimum absolute atomic E-state index is 0.0552. The normalized spacial score (nSPS) is 11.7. The Morgan fingerprint density at radius 1 is 1.27 bits per heavy atom. The van der Waals surface area contributed by atoms with Crippen molar-refractivity contribution in [1.82, 2.24) is 10.1 Å². The van der Waals surface area contributed by atoms with E-state index in [4.69, 9.17) is 14.0 Å². The van der Waals surface area contributed by atoms with Gasteiger partial charge in [-0.15, -0.1) is 11.3 Å². The van der Waals surface area contributed by atoms with Crippen LogP contribution in [0.4, 0.5) is 18.3 Å². The van der Waals surface area contributed by atoms with E-state index in [2.05, 4.69) is 10.1 Å². The van der Waals surface area contributed by atoms with Crippen LogP contribution in [0.15, 0.2) is 22.0 Å². The minimum Gasteiger partial charge on any atom is -0.493 e. The molecule has 0 N–H and O–H groups in total. The summed E-state index contributed by atoms with van der Waals surface area (Å²) < 4.78 is 55.3. The van der Waals surface area contributed by atoms with Gasteiger partial charge in [-0.25, -0.2) is 4.98 Å². The molecule has 0 unspecified atom stereocenters. The maximum absolute atomic E-state index is 13.1. The van der Waals surface area contributed by atoms with Crippen LogP contribution >= 0.6 is 11.3 Å². The quantitative estimate of drug-likeness (QED) is 0.271. The highest BCUT2D eigenvalue weighted by Gasteiger charge is 2.37. The molecule has 2 heterocycles. The number of anilines is 1. The number of aromatic nitrogens is 2. The smallest absolute Gasteiger partial charge is 0.437 e. The van der Waals surface area contributed by atoms with Crippen molar-refractivity contribution in [1.29, 1.82) is 0 Å². The number of alkyl halides is 3. The lowest BCUT2D eigenvalue weighted by atomic mass is 10.0. The van der Waals surface area contributed by atoms with Gasteiger partial charge in [-0.1, -0.05) is 18.5 Å². The summed E-state index contributed by atoms with van der Waals surface area (Å²) in [7, 11) is 1.90. The van der Waals surface area contributed by atoms with Gasteiger partial charge in [-0.05, 0) is 31.9 Å². The van der Waals surface area contributed by atoms with Crippen LogP contribution in [0.5, 0.6) is 5.75 Å². The Morgan fingerprint density at radius 3 is 2.76 bits per heavy atom. The van der Waals surface area contributed by atoms with Gasteiger partial charge in [0.1, 0.15) is 5.75 Å². The first-order valence-electron chi connectivity index (χ1n) is 10.7. The van der Waals surface area contributed by atoms with Crippen LogP contribution in [0, 0.1) is 0 Å². The van der Waals surface area contributed by atoms with E-state index in [1.165, 1.54) is 17.4 Å². The highest BCUT2D eigenvalue weighted by Crippen LogP contribution is 2.38. The second-order valence-electron chi connectivity index (χ2n) is 7.42. The van der Waals surface area contributed by atoms with Crippen molar-refractivity contribution in [3.63, 3.8) is 0 Å². The molecular formula is C22H26F3N3O4S. The molecule has 1 aromatic carbocycles. The van der Waals surface area contributed by atoms with Crippen LogP contribution in [0.2, 0.25) is 0 Å². The number of carbonyl (C=O) groups excluding carboxylic acids is 1. The van der Waals surface area contributed by atoms with Gasteiger partial charge in [-0.3, -0.25) is 4.79 Å². The van der Waals surface area contributed by atoms with E-state index in [0.29, 0.717) is 49.6 Å². The van der Waals surface area contributed by atoms with Crippen LogP contribution in [0.1, 0.15) is 43.6 Å². The zero-order chi connectivity index (χ0) is 24.0. The Hall–Kier alpha value is -2.82. The Kier molecular flexibility index (Phi) is 8.17. The zero-order valence-electron chi connectivity index (χ0n) is 18.7. The van der Waals surface area contributed by atoms with Gasteiger partial charge in [-0.2, -0.15) is 13.2 Å². The highest BCUT2D eigenvalue weighted by molar-refractivity contribution is 7.13. The van der Waals surface area contributed by atoms with Crippen LogP contribution in [0.3, 0.4) is 0 Å². The van der Waals surface area contributed by atoms with E-state index in [1.807, 2.05) is 24.3 Å². The molecule has 11 heteroatoms. The molecule has 0 radical (unpaired) electrons. The van der Waals surface area contributed by atoms with Crippen LogP contribution in [0.25, 0.3) is 11.0 Å². The van der Waals surface area contributed by atoms with Crippen LogP contribution < -0.4 is 9.64 Å². The van der Waals surface area contributed by atoms with Gasteiger partial charge in [0.15, 0.2) is 16.4 Å². The van der Waals surface area contributed by atoms with Gasteiger partial charge in [0.05, 0.1) is 30.7 Å². The van der Waals surface area contributed by atoms with Gasteiger partial charge in [0.25, 0.3) is 0 Å². The van der Waals surface area contributed by atoms with Gasteiger partial charge in [0.2, 0.25) is 0 Å².